The molecule has 5 heterocycles. The Labute approximate surface area is 226 Å². The summed E-state index contributed by atoms with van der Waals surface area (Å²) >= 11 is 0. The number of anilines is 1. The lowest BCUT2D eigenvalue weighted by Crippen LogP contribution is -2.49. The van der Waals surface area contributed by atoms with Crippen molar-refractivity contribution in [3.8, 4) is 28.3 Å². The van der Waals surface area contributed by atoms with Crippen LogP contribution in [-0.2, 0) is 18.3 Å². The van der Waals surface area contributed by atoms with Crippen molar-refractivity contribution in [1.29, 1.82) is 5.26 Å². The van der Waals surface area contributed by atoms with Crippen molar-refractivity contribution in [2.75, 3.05) is 31.1 Å². The number of nitriles is 1. The number of aryl methyl sites for hydroxylation is 2. The number of nitrogens with zero attached hydrogens (tertiary/aromatic N) is 8. The average Bonchev–Trinajstić information content (AvgIpc) is 3.59. The van der Waals surface area contributed by atoms with Gasteiger partial charge >= 0.3 is 0 Å². The zero-order chi connectivity index (χ0) is 26.9. The second-order valence-electron chi connectivity index (χ2n) is 9.90. The Bertz CT molecular complexity index is 1700. The third-order valence-electron chi connectivity index (χ3n) is 7.26. The van der Waals surface area contributed by atoms with Gasteiger partial charge in [-0.15, -0.1) is 0 Å². The van der Waals surface area contributed by atoms with Crippen LogP contribution in [0.25, 0.3) is 27.8 Å². The van der Waals surface area contributed by atoms with Gasteiger partial charge in [0.2, 0.25) is 5.91 Å². The highest BCUT2D eigenvalue weighted by molar-refractivity contribution is 5.88. The number of hydrogen-bond donors (Lipinski definition) is 0. The van der Waals surface area contributed by atoms with Crippen molar-refractivity contribution in [2.45, 2.75) is 13.3 Å². The molecule has 1 aliphatic rings. The topological polar surface area (TPSA) is 95.3 Å². The summed E-state index contributed by atoms with van der Waals surface area (Å²) in [6.45, 7) is 4.86. The van der Waals surface area contributed by atoms with E-state index in [0.717, 1.165) is 57.8 Å². The number of amides is 1. The number of carbonyl (C=O) groups excluding carboxylic acids is 1. The van der Waals surface area contributed by atoms with E-state index in [9.17, 15) is 10.1 Å². The summed E-state index contributed by atoms with van der Waals surface area (Å²) in [5, 5.41) is 18.5. The molecule has 0 atom stereocenters. The molecule has 0 unspecified atom stereocenters. The standard InChI is InChI=1S/C30H28N8O/c1-21-12-23(27-14-24(26-18-33-35(2)19-26)20-38-29(27)25(15-31)17-34-38)16-32-30(21)37-10-8-36(9-11-37)28(39)13-22-6-4-3-5-7-22/h3-7,12,14,16-20H,8-11,13H2,1-2H3. The van der Waals surface area contributed by atoms with Crippen molar-refractivity contribution in [3.63, 3.8) is 0 Å². The van der Waals surface area contributed by atoms with E-state index in [1.807, 2.05) is 67.1 Å². The fraction of sp³-hybridized carbons (Fsp3) is 0.233. The van der Waals surface area contributed by atoms with Crippen LogP contribution >= 0.6 is 0 Å². The first-order chi connectivity index (χ1) is 19.0. The van der Waals surface area contributed by atoms with Crippen LogP contribution in [0.4, 0.5) is 5.82 Å². The number of hydrogen-bond acceptors (Lipinski definition) is 6. The molecule has 9 nitrogen and oxygen atoms in total. The van der Waals surface area contributed by atoms with Gasteiger partial charge in [-0.25, -0.2) is 9.50 Å². The first-order valence-corrected chi connectivity index (χ1v) is 12.9. The predicted molar refractivity (Wildman–Crippen MR) is 149 cm³/mol. The molecule has 9 heteroatoms. The second kappa shape index (κ2) is 10.1. The molecule has 0 N–H and O–H groups in total. The van der Waals surface area contributed by atoms with Crippen LogP contribution in [0.15, 0.2) is 73.4 Å². The third-order valence-corrected chi connectivity index (χ3v) is 7.26. The van der Waals surface area contributed by atoms with Crippen LogP contribution in [0.1, 0.15) is 16.7 Å². The lowest BCUT2D eigenvalue weighted by molar-refractivity contribution is -0.130. The van der Waals surface area contributed by atoms with E-state index < -0.39 is 0 Å². The molecule has 1 aliphatic heterocycles. The number of carbonyl (C=O) groups is 1. The normalized spacial score (nSPS) is 13.6. The van der Waals surface area contributed by atoms with Crippen LogP contribution in [0.5, 0.6) is 0 Å². The predicted octanol–water partition coefficient (Wildman–Crippen LogP) is 3.87. The molecular formula is C30H28N8O. The summed E-state index contributed by atoms with van der Waals surface area (Å²) in [5.74, 6) is 1.08. The van der Waals surface area contributed by atoms with Crippen LogP contribution in [0.2, 0.25) is 0 Å². The summed E-state index contributed by atoms with van der Waals surface area (Å²) in [6, 6.07) is 16.3. The third kappa shape index (κ3) is 4.73. The minimum Gasteiger partial charge on any atom is -0.353 e. The first-order valence-electron chi connectivity index (χ1n) is 12.9. The van der Waals surface area contributed by atoms with E-state index >= 15 is 0 Å². The molecule has 1 aromatic carbocycles. The zero-order valence-electron chi connectivity index (χ0n) is 21.9. The molecule has 194 valence electrons. The van der Waals surface area contributed by atoms with Gasteiger partial charge in [0.05, 0.1) is 29.9 Å². The highest BCUT2D eigenvalue weighted by atomic mass is 16.2. The van der Waals surface area contributed by atoms with Crippen molar-refractivity contribution in [3.05, 3.63) is 90.1 Å². The molecular weight excluding hydrogens is 488 g/mol. The van der Waals surface area contributed by atoms with Crippen molar-refractivity contribution in [2.24, 2.45) is 7.05 Å². The van der Waals surface area contributed by atoms with Gasteiger partial charge in [0.25, 0.3) is 0 Å². The lowest BCUT2D eigenvalue weighted by Gasteiger charge is -2.36. The molecule has 0 bridgehead atoms. The lowest BCUT2D eigenvalue weighted by atomic mass is 10.00. The maximum atomic E-state index is 12.8. The highest BCUT2D eigenvalue weighted by Gasteiger charge is 2.23. The Morgan fingerprint density at radius 3 is 2.44 bits per heavy atom. The van der Waals surface area contributed by atoms with Crippen molar-refractivity contribution >= 4 is 17.2 Å². The van der Waals surface area contributed by atoms with Crippen LogP contribution in [0.3, 0.4) is 0 Å². The van der Waals surface area contributed by atoms with Gasteiger partial charge in [-0.2, -0.15) is 15.5 Å². The number of rotatable bonds is 5. The molecule has 0 aliphatic carbocycles. The number of benzene rings is 1. The Morgan fingerprint density at radius 2 is 1.74 bits per heavy atom. The van der Waals surface area contributed by atoms with Gasteiger partial charge in [0.15, 0.2) is 0 Å². The van der Waals surface area contributed by atoms with Gasteiger partial charge in [0, 0.05) is 74.1 Å². The Kier molecular flexibility index (Phi) is 6.29. The second-order valence-corrected chi connectivity index (χ2v) is 9.90. The molecule has 0 spiro atoms. The van der Waals surface area contributed by atoms with Crippen molar-refractivity contribution < 1.29 is 4.79 Å². The summed E-state index contributed by atoms with van der Waals surface area (Å²) in [7, 11) is 1.88. The van der Waals surface area contributed by atoms with Gasteiger partial charge < -0.3 is 9.80 Å². The van der Waals surface area contributed by atoms with E-state index in [4.69, 9.17) is 4.98 Å². The number of piperazine rings is 1. The monoisotopic (exact) mass is 516 g/mol. The van der Waals surface area contributed by atoms with E-state index in [-0.39, 0.29) is 5.91 Å². The Morgan fingerprint density at radius 1 is 0.949 bits per heavy atom. The summed E-state index contributed by atoms with van der Waals surface area (Å²) in [4.78, 5) is 21.9. The van der Waals surface area contributed by atoms with Crippen LogP contribution in [0, 0.1) is 18.3 Å². The van der Waals surface area contributed by atoms with Crippen LogP contribution < -0.4 is 4.90 Å². The van der Waals surface area contributed by atoms with Gasteiger partial charge in [0.1, 0.15) is 11.9 Å². The van der Waals surface area contributed by atoms with Gasteiger partial charge in [-0.05, 0) is 30.2 Å². The highest BCUT2D eigenvalue weighted by Crippen LogP contribution is 2.33. The first kappa shape index (κ1) is 24.4. The minimum atomic E-state index is 0.160. The van der Waals surface area contributed by atoms with E-state index in [0.29, 0.717) is 25.1 Å². The molecule has 6 rings (SSSR count). The SMILES string of the molecule is Cc1cc(-c2cc(-c3cnn(C)c3)cn3ncc(C#N)c23)cnc1N1CCN(C(=O)Cc2ccccc2)CC1. The number of aromatic nitrogens is 5. The smallest absolute Gasteiger partial charge is 0.227 e. The zero-order valence-corrected chi connectivity index (χ0v) is 21.9. The largest absolute Gasteiger partial charge is 0.353 e. The van der Waals surface area contributed by atoms with Gasteiger partial charge in [-0.3, -0.25) is 9.48 Å². The maximum absolute atomic E-state index is 12.8. The minimum absolute atomic E-state index is 0.160. The average molecular weight is 517 g/mol. The van der Waals surface area contributed by atoms with E-state index in [1.54, 1.807) is 15.4 Å². The molecule has 0 saturated carbocycles. The molecule has 4 aromatic heterocycles. The Hall–Kier alpha value is -4.97. The molecule has 5 aromatic rings. The molecule has 1 amide bonds. The quantitative estimate of drug-likeness (QED) is 0.352. The van der Waals surface area contributed by atoms with E-state index in [1.165, 1.54) is 0 Å². The fourth-order valence-corrected chi connectivity index (χ4v) is 5.25. The molecule has 1 saturated heterocycles. The number of pyridine rings is 2. The maximum Gasteiger partial charge on any atom is 0.227 e. The molecule has 0 radical (unpaired) electrons. The fourth-order valence-electron chi connectivity index (χ4n) is 5.25. The summed E-state index contributed by atoms with van der Waals surface area (Å²) < 4.78 is 3.52. The van der Waals surface area contributed by atoms with Crippen molar-refractivity contribution in [1.82, 2.24) is 29.3 Å². The summed E-state index contributed by atoms with van der Waals surface area (Å²) in [5.41, 5.74) is 7.08. The van der Waals surface area contributed by atoms with E-state index in [2.05, 4.69) is 40.2 Å². The number of fused-ring (bicyclic) bond motifs is 1. The van der Waals surface area contributed by atoms with Crippen LogP contribution in [-0.4, -0.2) is 61.4 Å². The van der Waals surface area contributed by atoms with Gasteiger partial charge in [-0.1, -0.05) is 30.3 Å². The molecule has 39 heavy (non-hydrogen) atoms. The Balaban J connectivity index is 1.25. The summed E-state index contributed by atoms with van der Waals surface area (Å²) in [6.07, 6.45) is 9.58. The molecule has 1 fully saturated rings.